The van der Waals surface area contributed by atoms with Gasteiger partial charge in [-0.1, -0.05) is 0 Å². The quantitative estimate of drug-likeness (QED) is 0.789. The number of aromatic carboxylic acids is 1. The van der Waals surface area contributed by atoms with Gasteiger partial charge in [0.25, 0.3) is 0 Å². The number of carboxylic acid groups (broad SMARTS) is 1. The zero-order chi connectivity index (χ0) is 13.4. The van der Waals surface area contributed by atoms with Crippen LogP contribution in [0.4, 0.5) is 0 Å². The van der Waals surface area contributed by atoms with Crippen molar-refractivity contribution in [2.45, 2.75) is 6.92 Å². The summed E-state index contributed by atoms with van der Waals surface area (Å²) < 4.78 is 10.7. The lowest BCUT2D eigenvalue weighted by Crippen LogP contribution is -1.91. The smallest absolute Gasteiger partial charge is 0.338 e. The molecule has 0 aromatic carbocycles. The van der Waals surface area contributed by atoms with Gasteiger partial charge >= 0.3 is 5.97 Å². The van der Waals surface area contributed by atoms with Crippen molar-refractivity contribution in [1.29, 1.82) is 0 Å². The minimum Gasteiger partial charge on any atom is -0.478 e. The first-order valence-electron chi connectivity index (χ1n) is 5.48. The Morgan fingerprint density at radius 2 is 2.21 bits per heavy atom. The predicted octanol–water partition coefficient (Wildman–Crippen LogP) is 3.67. The van der Waals surface area contributed by atoms with Crippen molar-refractivity contribution in [3.05, 3.63) is 41.2 Å². The van der Waals surface area contributed by atoms with E-state index in [0.29, 0.717) is 17.2 Å². The third-order valence-electron chi connectivity index (χ3n) is 2.55. The first-order chi connectivity index (χ1) is 9.13. The van der Waals surface area contributed by atoms with Gasteiger partial charge in [-0.3, -0.25) is 0 Å². The van der Waals surface area contributed by atoms with Gasteiger partial charge in [0, 0.05) is 11.4 Å². The van der Waals surface area contributed by atoms with Crippen LogP contribution < -0.4 is 0 Å². The van der Waals surface area contributed by atoms with Gasteiger partial charge in [-0.2, -0.15) is 0 Å². The molecule has 0 aliphatic rings. The van der Waals surface area contributed by atoms with Crippen molar-refractivity contribution < 1.29 is 18.7 Å². The normalized spacial score (nSPS) is 10.8. The van der Waals surface area contributed by atoms with Crippen LogP contribution in [0.1, 0.15) is 16.1 Å². The molecule has 3 aromatic heterocycles. The Balaban J connectivity index is 1.94. The largest absolute Gasteiger partial charge is 0.478 e. The van der Waals surface area contributed by atoms with Crippen LogP contribution in [0.3, 0.4) is 0 Å². The Labute approximate surface area is 112 Å². The highest BCUT2D eigenvalue weighted by Crippen LogP contribution is 2.30. The topological polar surface area (TPSA) is 76.5 Å². The molecule has 0 aliphatic carbocycles. The van der Waals surface area contributed by atoms with E-state index in [9.17, 15) is 4.79 Å². The Hall–Kier alpha value is -2.34. The lowest BCUT2D eigenvalue weighted by atomic mass is 10.3. The molecule has 6 heteroatoms. The summed E-state index contributed by atoms with van der Waals surface area (Å²) in [5.74, 6) is 0.923. The summed E-state index contributed by atoms with van der Waals surface area (Å²) in [6.07, 6.45) is 1.20. The highest BCUT2D eigenvalue weighted by atomic mass is 32.1. The maximum absolute atomic E-state index is 10.8. The average Bonchev–Trinajstić information content (AvgIpc) is 3.07. The average molecular weight is 275 g/mol. The van der Waals surface area contributed by atoms with E-state index in [0.717, 1.165) is 10.8 Å². The molecule has 96 valence electrons. The van der Waals surface area contributed by atoms with E-state index in [1.54, 1.807) is 5.38 Å². The zero-order valence-corrected chi connectivity index (χ0v) is 10.7. The number of carboxylic acids is 1. The van der Waals surface area contributed by atoms with Crippen LogP contribution in [-0.4, -0.2) is 16.1 Å². The number of aromatic nitrogens is 1. The summed E-state index contributed by atoms with van der Waals surface area (Å²) in [5.41, 5.74) is 0.708. The molecule has 0 unspecified atom stereocenters. The molecule has 0 fully saturated rings. The minimum absolute atomic E-state index is 0.110. The van der Waals surface area contributed by atoms with Gasteiger partial charge in [-0.15, -0.1) is 11.3 Å². The molecular weight excluding hydrogens is 266 g/mol. The molecule has 0 radical (unpaired) electrons. The fourth-order valence-electron chi connectivity index (χ4n) is 1.63. The number of rotatable bonds is 3. The number of furan rings is 2. The van der Waals surface area contributed by atoms with Crippen LogP contribution in [0.5, 0.6) is 0 Å². The molecule has 5 nitrogen and oxygen atoms in total. The summed E-state index contributed by atoms with van der Waals surface area (Å²) in [4.78, 5) is 15.2. The fraction of sp³-hybridized carbons (Fsp3) is 0.0769. The van der Waals surface area contributed by atoms with Crippen LogP contribution in [0.25, 0.3) is 22.2 Å². The van der Waals surface area contributed by atoms with E-state index >= 15 is 0 Å². The van der Waals surface area contributed by atoms with E-state index in [2.05, 4.69) is 4.98 Å². The molecule has 3 rings (SSSR count). The Kier molecular flexibility index (Phi) is 2.72. The Morgan fingerprint density at radius 1 is 1.37 bits per heavy atom. The van der Waals surface area contributed by atoms with Crippen LogP contribution >= 0.6 is 11.3 Å². The standard InChI is InChI=1S/C13H9NO4S/c1-7-2-3-10(18-7)12-14-9(6-19-12)11-4-8(5-17-11)13(15)16/h2-6H,1H3,(H,15,16). The second kappa shape index (κ2) is 4.40. The molecule has 1 N–H and O–H groups in total. The maximum Gasteiger partial charge on any atom is 0.338 e. The van der Waals surface area contributed by atoms with Gasteiger partial charge in [0.15, 0.2) is 16.5 Å². The Morgan fingerprint density at radius 3 is 2.84 bits per heavy atom. The lowest BCUT2D eigenvalue weighted by molar-refractivity contribution is 0.0696. The summed E-state index contributed by atoms with van der Waals surface area (Å²) in [7, 11) is 0. The highest BCUT2D eigenvalue weighted by molar-refractivity contribution is 7.13. The number of carbonyl (C=O) groups is 1. The maximum atomic E-state index is 10.8. The van der Waals surface area contributed by atoms with Crippen molar-refractivity contribution >= 4 is 17.3 Å². The molecule has 3 aromatic rings. The number of nitrogens with zero attached hydrogens (tertiary/aromatic N) is 1. The first kappa shape index (κ1) is 11.7. The monoisotopic (exact) mass is 275 g/mol. The summed E-state index contributed by atoms with van der Waals surface area (Å²) >= 11 is 1.42. The number of hydrogen-bond acceptors (Lipinski definition) is 5. The summed E-state index contributed by atoms with van der Waals surface area (Å²) in [5, 5.41) is 11.4. The molecule has 0 aliphatic heterocycles. The third kappa shape index (κ3) is 2.17. The number of hydrogen-bond donors (Lipinski definition) is 1. The Bertz CT molecular complexity index is 737. The van der Waals surface area contributed by atoms with Crippen LogP contribution in [0.15, 0.2) is 38.7 Å². The molecule has 0 spiro atoms. The van der Waals surface area contributed by atoms with E-state index in [1.807, 2.05) is 19.1 Å². The lowest BCUT2D eigenvalue weighted by Gasteiger charge is -1.89. The molecule has 0 atom stereocenters. The van der Waals surface area contributed by atoms with Crippen LogP contribution in [0, 0.1) is 6.92 Å². The van der Waals surface area contributed by atoms with Crippen molar-refractivity contribution in [3.8, 4) is 22.2 Å². The molecule has 19 heavy (non-hydrogen) atoms. The highest BCUT2D eigenvalue weighted by Gasteiger charge is 2.14. The van der Waals surface area contributed by atoms with E-state index in [-0.39, 0.29) is 5.56 Å². The van der Waals surface area contributed by atoms with Gasteiger partial charge in [0.2, 0.25) is 0 Å². The molecule has 3 heterocycles. The van der Waals surface area contributed by atoms with Crippen molar-refractivity contribution in [3.63, 3.8) is 0 Å². The van der Waals surface area contributed by atoms with Crippen molar-refractivity contribution in [1.82, 2.24) is 4.98 Å². The van der Waals surface area contributed by atoms with Gasteiger partial charge < -0.3 is 13.9 Å². The van der Waals surface area contributed by atoms with Crippen LogP contribution in [-0.2, 0) is 0 Å². The van der Waals surface area contributed by atoms with E-state index < -0.39 is 5.97 Å². The van der Waals surface area contributed by atoms with E-state index in [4.69, 9.17) is 13.9 Å². The minimum atomic E-state index is -1.02. The summed E-state index contributed by atoms with van der Waals surface area (Å²) in [6, 6.07) is 5.17. The second-order valence-corrected chi connectivity index (χ2v) is 4.81. The predicted molar refractivity (Wildman–Crippen MR) is 69.2 cm³/mol. The fourth-order valence-corrected chi connectivity index (χ4v) is 2.40. The van der Waals surface area contributed by atoms with Crippen LogP contribution in [0.2, 0.25) is 0 Å². The summed E-state index contributed by atoms with van der Waals surface area (Å²) in [6.45, 7) is 1.86. The first-order valence-corrected chi connectivity index (χ1v) is 6.36. The van der Waals surface area contributed by atoms with Gasteiger partial charge in [-0.25, -0.2) is 9.78 Å². The second-order valence-electron chi connectivity index (χ2n) is 3.95. The van der Waals surface area contributed by atoms with Crippen molar-refractivity contribution in [2.24, 2.45) is 0 Å². The molecular formula is C13H9NO4S. The third-order valence-corrected chi connectivity index (χ3v) is 3.41. The van der Waals surface area contributed by atoms with Gasteiger partial charge in [0.05, 0.1) is 5.56 Å². The van der Waals surface area contributed by atoms with Gasteiger partial charge in [-0.05, 0) is 19.1 Å². The number of thiazole rings is 1. The van der Waals surface area contributed by atoms with Crippen molar-refractivity contribution in [2.75, 3.05) is 0 Å². The number of aryl methyl sites for hydroxylation is 1. The molecule has 0 bridgehead atoms. The molecule has 0 saturated carbocycles. The zero-order valence-electron chi connectivity index (χ0n) is 9.91. The molecule has 0 saturated heterocycles. The SMILES string of the molecule is Cc1ccc(-c2nc(-c3cc(C(=O)O)co3)cs2)o1. The van der Waals surface area contributed by atoms with E-state index in [1.165, 1.54) is 23.7 Å². The molecule has 0 amide bonds. The van der Waals surface area contributed by atoms with Gasteiger partial charge in [0.1, 0.15) is 17.7 Å².